The number of aromatic nitrogens is 1. The molecule has 0 saturated heterocycles. The Hall–Kier alpha value is -2.18. The maximum Gasteiger partial charge on any atom is 0.228 e. The molecule has 3 heterocycles. The quantitative estimate of drug-likeness (QED) is 0.832. The molecule has 1 aromatic heterocycles. The minimum absolute atomic E-state index is 0.219. The van der Waals surface area contributed by atoms with Crippen LogP contribution in [0.25, 0.3) is 16.5 Å². The fourth-order valence-electron chi connectivity index (χ4n) is 5.48. The maximum atomic E-state index is 13.6. The molecular formula is C23H28FN3O2. The van der Waals surface area contributed by atoms with Gasteiger partial charge in [0.1, 0.15) is 6.17 Å². The molecule has 154 valence electrons. The third-order valence-corrected chi connectivity index (χ3v) is 6.99. The van der Waals surface area contributed by atoms with Crippen molar-refractivity contribution in [2.45, 2.75) is 51.0 Å². The Balaban J connectivity index is 1.55. The SMILES string of the molecule is CC(F)C(CO)NC(=O)C1C=C2c3cccc4c3c(c3n4CCC3)CC2N(C)C1. The highest BCUT2D eigenvalue weighted by Crippen LogP contribution is 2.44. The Kier molecular flexibility index (Phi) is 4.51. The van der Waals surface area contributed by atoms with Gasteiger partial charge in [0, 0.05) is 35.7 Å². The van der Waals surface area contributed by atoms with Crippen molar-refractivity contribution < 1.29 is 14.3 Å². The van der Waals surface area contributed by atoms with Gasteiger partial charge in [-0.3, -0.25) is 9.69 Å². The summed E-state index contributed by atoms with van der Waals surface area (Å²) in [5.74, 6) is -0.575. The topological polar surface area (TPSA) is 57.5 Å². The number of nitrogens with zero attached hydrogens (tertiary/aromatic N) is 2. The molecule has 2 aliphatic heterocycles. The van der Waals surface area contributed by atoms with E-state index in [-0.39, 0.29) is 17.9 Å². The second-order valence-electron chi connectivity index (χ2n) is 8.74. The lowest BCUT2D eigenvalue weighted by atomic mass is 9.79. The molecule has 1 aliphatic carbocycles. The molecule has 0 saturated carbocycles. The van der Waals surface area contributed by atoms with E-state index < -0.39 is 18.8 Å². The summed E-state index contributed by atoms with van der Waals surface area (Å²) in [6.07, 6.45) is 4.13. The van der Waals surface area contributed by atoms with Gasteiger partial charge in [-0.15, -0.1) is 0 Å². The Bertz CT molecular complexity index is 1010. The van der Waals surface area contributed by atoms with Crippen LogP contribution in [0.3, 0.4) is 0 Å². The fraction of sp³-hybridized carbons (Fsp3) is 0.522. The van der Waals surface area contributed by atoms with Gasteiger partial charge in [0.2, 0.25) is 5.91 Å². The normalized spacial score (nSPS) is 25.3. The van der Waals surface area contributed by atoms with E-state index in [9.17, 15) is 14.3 Å². The Morgan fingerprint density at radius 3 is 3.00 bits per heavy atom. The second kappa shape index (κ2) is 6.96. The number of aliphatic hydroxyl groups excluding tert-OH is 1. The summed E-state index contributed by atoms with van der Waals surface area (Å²) in [4.78, 5) is 15.1. The average molecular weight is 397 g/mol. The van der Waals surface area contributed by atoms with Gasteiger partial charge in [0.15, 0.2) is 0 Å². The minimum Gasteiger partial charge on any atom is -0.394 e. The standard InChI is InChI=1S/C23H28FN3O2/c1-13(24)18(12-28)25-23(29)14-9-16-15-5-3-6-20-22(15)17(10-21(16)26(2)11-14)19-7-4-8-27(19)20/h3,5-6,9,13-14,18,21,28H,4,7-8,10-12H2,1-2H3,(H,25,29). The lowest BCUT2D eigenvalue weighted by Gasteiger charge is -2.40. The van der Waals surface area contributed by atoms with E-state index in [1.165, 1.54) is 46.6 Å². The maximum absolute atomic E-state index is 13.6. The predicted molar refractivity (Wildman–Crippen MR) is 111 cm³/mol. The van der Waals surface area contributed by atoms with Crippen LogP contribution >= 0.6 is 0 Å². The van der Waals surface area contributed by atoms with Crippen molar-refractivity contribution in [3.63, 3.8) is 0 Å². The van der Waals surface area contributed by atoms with Crippen LogP contribution in [0.4, 0.5) is 4.39 Å². The Morgan fingerprint density at radius 1 is 1.41 bits per heavy atom. The largest absolute Gasteiger partial charge is 0.394 e. The number of aliphatic hydroxyl groups is 1. The Morgan fingerprint density at radius 2 is 2.24 bits per heavy atom. The van der Waals surface area contributed by atoms with E-state index in [0.717, 1.165) is 19.4 Å². The molecule has 1 amide bonds. The monoisotopic (exact) mass is 397 g/mol. The summed E-state index contributed by atoms with van der Waals surface area (Å²) in [7, 11) is 2.07. The summed E-state index contributed by atoms with van der Waals surface area (Å²) in [6.45, 7) is 2.65. The number of carbonyl (C=O) groups is 1. The number of rotatable bonds is 4. The zero-order chi connectivity index (χ0) is 20.3. The number of halogens is 1. The predicted octanol–water partition coefficient (Wildman–Crippen LogP) is 2.29. The molecule has 2 aromatic rings. The highest BCUT2D eigenvalue weighted by atomic mass is 19.1. The van der Waals surface area contributed by atoms with Crippen molar-refractivity contribution in [3.8, 4) is 0 Å². The molecule has 5 nitrogen and oxygen atoms in total. The number of carbonyl (C=O) groups excluding carboxylic acids is 1. The number of alkyl halides is 1. The summed E-state index contributed by atoms with van der Waals surface area (Å²) in [5.41, 5.74) is 6.72. The van der Waals surface area contributed by atoms with Crippen LogP contribution < -0.4 is 5.32 Å². The molecule has 3 aliphatic rings. The van der Waals surface area contributed by atoms with Gasteiger partial charge in [0.05, 0.1) is 18.6 Å². The molecule has 0 spiro atoms. The first-order valence-corrected chi connectivity index (χ1v) is 10.6. The number of hydrogen-bond acceptors (Lipinski definition) is 3. The number of fused-ring (bicyclic) bond motifs is 5. The molecule has 0 fully saturated rings. The van der Waals surface area contributed by atoms with E-state index >= 15 is 0 Å². The molecule has 6 heteroatoms. The van der Waals surface area contributed by atoms with Crippen molar-refractivity contribution in [2.75, 3.05) is 20.2 Å². The van der Waals surface area contributed by atoms with Crippen molar-refractivity contribution in [2.24, 2.45) is 5.92 Å². The van der Waals surface area contributed by atoms with Gasteiger partial charge < -0.3 is 15.0 Å². The molecule has 4 atom stereocenters. The van der Waals surface area contributed by atoms with Crippen LogP contribution in [0.5, 0.6) is 0 Å². The van der Waals surface area contributed by atoms with E-state index in [1.54, 1.807) is 0 Å². The molecule has 2 N–H and O–H groups in total. The van der Waals surface area contributed by atoms with Crippen molar-refractivity contribution >= 4 is 22.4 Å². The highest BCUT2D eigenvalue weighted by Gasteiger charge is 2.38. The smallest absolute Gasteiger partial charge is 0.228 e. The molecule has 4 unspecified atom stereocenters. The number of likely N-dealkylation sites (N-methyl/N-ethyl adjacent to an activating group) is 1. The number of aryl methyl sites for hydroxylation is 1. The number of amides is 1. The lowest BCUT2D eigenvalue weighted by Crippen LogP contribution is -2.50. The first-order valence-electron chi connectivity index (χ1n) is 10.6. The molecule has 0 bridgehead atoms. The zero-order valence-corrected chi connectivity index (χ0v) is 17.0. The molecule has 0 radical (unpaired) electrons. The van der Waals surface area contributed by atoms with Crippen molar-refractivity contribution in [3.05, 3.63) is 41.1 Å². The summed E-state index contributed by atoms with van der Waals surface area (Å²) in [5, 5.41) is 13.4. The van der Waals surface area contributed by atoms with Gasteiger partial charge in [-0.25, -0.2) is 4.39 Å². The van der Waals surface area contributed by atoms with Crippen LogP contribution in [0.1, 0.15) is 30.2 Å². The molecule has 5 rings (SSSR count). The Labute approximate surface area is 170 Å². The third-order valence-electron chi connectivity index (χ3n) is 6.99. The summed E-state index contributed by atoms with van der Waals surface area (Å²) < 4.78 is 16.1. The van der Waals surface area contributed by atoms with Crippen molar-refractivity contribution in [1.29, 1.82) is 0 Å². The number of hydrogen-bond donors (Lipinski definition) is 2. The lowest BCUT2D eigenvalue weighted by molar-refractivity contribution is -0.125. The molecule has 1 aromatic carbocycles. The van der Waals surface area contributed by atoms with Gasteiger partial charge in [-0.05, 0) is 56.0 Å². The van der Waals surface area contributed by atoms with Crippen LogP contribution in [-0.4, -0.2) is 58.9 Å². The summed E-state index contributed by atoms with van der Waals surface area (Å²) >= 11 is 0. The van der Waals surface area contributed by atoms with Crippen molar-refractivity contribution in [1.82, 2.24) is 14.8 Å². The first kappa shape index (κ1) is 18.8. The van der Waals surface area contributed by atoms with Gasteiger partial charge in [-0.2, -0.15) is 0 Å². The van der Waals surface area contributed by atoms with Crippen LogP contribution in [0.2, 0.25) is 0 Å². The molecule has 29 heavy (non-hydrogen) atoms. The summed E-state index contributed by atoms with van der Waals surface area (Å²) in [6, 6.07) is 5.90. The number of nitrogens with one attached hydrogen (secondary N) is 1. The van der Waals surface area contributed by atoms with E-state index in [4.69, 9.17) is 0 Å². The fourth-order valence-corrected chi connectivity index (χ4v) is 5.48. The molecular weight excluding hydrogens is 369 g/mol. The van der Waals surface area contributed by atoms with Gasteiger partial charge >= 0.3 is 0 Å². The zero-order valence-electron chi connectivity index (χ0n) is 17.0. The van der Waals surface area contributed by atoms with Gasteiger partial charge in [-0.1, -0.05) is 18.2 Å². The van der Waals surface area contributed by atoms with Gasteiger partial charge in [0.25, 0.3) is 0 Å². The first-order chi connectivity index (χ1) is 14.0. The van der Waals surface area contributed by atoms with Crippen LogP contribution in [-0.2, 0) is 24.2 Å². The van der Waals surface area contributed by atoms with E-state index in [2.05, 4.69) is 46.1 Å². The van der Waals surface area contributed by atoms with Crippen LogP contribution in [0, 0.1) is 5.92 Å². The third kappa shape index (κ3) is 2.84. The van der Waals surface area contributed by atoms with Crippen LogP contribution in [0.15, 0.2) is 24.3 Å². The minimum atomic E-state index is -1.29. The van der Waals surface area contributed by atoms with E-state index in [1.807, 2.05) is 0 Å². The second-order valence-corrected chi connectivity index (χ2v) is 8.74. The average Bonchev–Trinajstić information content (AvgIpc) is 3.30. The highest BCUT2D eigenvalue weighted by molar-refractivity contribution is 6.00. The van der Waals surface area contributed by atoms with E-state index in [0.29, 0.717) is 6.54 Å². The number of benzene rings is 1.